The monoisotopic (exact) mass is 274 g/mol. The Morgan fingerprint density at radius 2 is 1.80 bits per heavy atom. The largest absolute Gasteiger partial charge is 0.481 e. The van der Waals surface area contributed by atoms with Crippen LogP contribution < -0.4 is 0 Å². The molecule has 0 spiro atoms. The van der Waals surface area contributed by atoms with Crippen LogP contribution in [0.4, 0.5) is 0 Å². The molecule has 1 aromatic carbocycles. The van der Waals surface area contributed by atoms with Gasteiger partial charge in [0.05, 0.1) is 5.92 Å². The van der Waals surface area contributed by atoms with Crippen molar-refractivity contribution >= 4 is 11.8 Å². The van der Waals surface area contributed by atoms with Crippen LogP contribution in [-0.2, 0) is 4.79 Å². The molecule has 0 radical (unpaired) electrons. The normalized spacial score (nSPS) is 23.5. The molecule has 1 aromatic rings. The first kappa shape index (κ1) is 14.8. The molecule has 1 N–H and O–H groups in total. The molecule has 1 aliphatic carbocycles. The fourth-order valence-electron chi connectivity index (χ4n) is 2.89. The van der Waals surface area contributed by atoms with Crippen LogP contribution >= 0.6 is 0 Å². The predicted octanol–water partition coefficient (Wildman–Crippen LogP) is 3.88. The van der Waals surface area contributed by atoms with E-state index < -0.39 is 5.97 Å². The van der Waals surface area contributed by atoms with Crippen LogP contribution in [0.25, 0.3) is 0 Å². The molecule has 3 nitrogen and oxygen atoms in total. The van der Waals surface area contributed by atoms with Crippen LogP contribution in [0.3, 0.4) is 0 Å². The highest BCUT2D eigenvalue weighted by Crippen LogP contribution is 2.33. The van der Waals surface area contributed by atoms with Crippen molar-refractivity contribution in [1.29, 1.82) is 0 Å². The Labute approximate surface area is 120 Å². The number of Topliss-reactive ketones (excluding diaryl/α,β-unsaturated/α-hetero) is 1. The van der Waals surface area contributed by atoms with Crippen LogP contribution in [0.5, 0.6) is 0 Å². The van der Waals surface area contributed by atoms with Gasteiger partial charge in [0.1, 0.15) is 0 Å². The number of benzene rings is 1. The van der Waals surface area contributed by atoms with Crippen LogP contribution in [0.1, 0.15) is 61.4 Å². The molecule has 108 valence electrons. The Morgan fingerprint density at radius 3 is 2.30 bits per heavy atom. The summed E-state index contributed by atoms with van der Waals surface area (Å²) in [5, 5.41) is 9.00. The van der Waals surface area contributed by atoms with Gasteiger partial charge in [0, 0.05) is 11.5 Å². The lowest BCUT2D eigenvalue weighted by atomic mass is 9.92. The van der Waals surface area contributed by atoms with Crippen molar-refractivity contribution in [3.63, 3.8) is 0 Å². The van der Waals surface area contributed by atoms with Crippen LogP contribution in [0, 0.1) is 11.8 Å². The third kappa shape index (κ3) is 3.09. The molecule has 1 aliphatic rings. The molecule has 2 rings (SSSR count). The lowest BCUT2D eigenvalue weighted by Gasteiger charge is -2.11. The first-order chi connectivity index (χ1) is 9.52. The van der Waals surface area contributed by atoms with Gasteiger partial charge in [0.2, 0.25) is 0 Å². The molecule has 3 heteroatoms. The van der Waals surface area contributed by atoms with Crippen LogP contribution in [-0.4, -0.2) is 16.9 Å². The molecule has 3 atom stereocenters. The van der Waals surface area contributed by atoms with Gasteiger partial charge in [-0.1, -0.05) is 38.1 Å². The van der Waals surface area contributed by atoms with Gasteiger partial charge in [-0.2, -0.15) is 0 Å². The fourth-order valence-corrected chi connectivity index (χ4v) is 2.89. The maximum atomic E-state index is 12.4. The average Bonchev–Trinajstić information content (AvgIpc) is 2.96. The van der Waals surface area contributed by atoms with E-state index >= 15 is 0 Å². The van der Waals surface area contributed by atoms with Gasteiger partial charge in [-0.05, 0) is 37.2 Å². The maximum Gasteiger partial charge on any atom is 0.306 e. The van der Waals surface area contributed by atoms with Gasteiger partial charge in [-0.25, -0.2) is 0 Å². The molecule has 0 heterocycles. The average molecular weight is 274 g/mol. The van der Waals surface area contributed by atoms with Crippen molar-refractivity contribution in [2.75, 3.05) is 0 Å². The number of aliphatic carboxylic acids is 1. The lowest BCUT2D eigenvalue weighted by molar-refractivity contribution is -0.141. The minimum Gasteiger partial charge on any atom is -0.481 e. The van der Waals surface area contributed by atoms with Gasteiger partial charge in [0.15, 0.2) is 5.78 Å². The Morgan fingerprint density at radius 1 is 1.20 bits per heavy atom. The van der Waals surface area contributed by atoms with E-state index in [4.69, 9.17) is 5.11 Å². The summed E-state index contributed by atoms with van der Waals surface area (Å²) in [6.07, 6.45) is 2.89. The van der Waals surface area contributed by atoms with E-state index in [1.165, 1.54) is 5.56 Å². The third-order valence-electron chi connectivity index (χ3n) is 4.53. The van der Waals surface area contributed by atoms with Gasteiger partial charge >= 0.3 is 5.97 Å². The first-order valence-electron chi connectivity index (χ1n) is 7.39. The molecular weight excluding hydrogens is 252 g/mol. The second-order valence-corrected chi connectivity index (χ2v) is 5.84. The number of carboxylic acid groups (broad SMARTS) is 1. The topological polar surface area (TPSA) is 54.4 Å². The van der Waals surface area contributed by atoms with E-state index in [-0.39, 0.29) is 17.6 Å². The van der Waals surface area contributed by atoms with Crippen LogP contribution in [0.2, 0.25) is 0 Å². The molecule has 20 heavy (non-hydrogen) atoms. The predicted molar refractivity (Wildman–Crippen MR) is 77.9 cm³/mol. The van der Waals surface area contributed by atoms with E-state index in [9.17, 15) is 9.59 Å². The van der Waals surface area contributed by atoms with E-state index in [1.54, 1.807) is 0 Å². The van der Waals surface area contributed by atoms with Gasteiger partial charge in [-0.3, -0.25) is 9.59 Å². The maximum absolute atomic E-state index is 12.4. The molecule has 0 saturated heterocycles. The summed E-state index contributed by atoms with van der Waals surface area (Å²) >= 11 is 0. The number of ketones is 1. The number of hydrogen-bond donors (Lipinski definition) is 1. The van der Waals surface area contributed by atoms with E-state index in [0.717, 1.165) is 6.42 Å². The molecule has 0 aliphatic heterocycles. The highest BCUT2D eigenvalue weighted by Gasteiger charge is 2.34. The minimum absolute atomic E-state index is 0.101. The summed E-state index contributed by atoms with van der Waals surface area (Å²) in [6, 6.07) is 7.81. The van der Waals surface area contributed by atoms with Crippen molar-refractivity contribution in [3.05, 3.63) is 35.4 Å². The summed E-state index contributed by atoms with van der Waals surface area (Å²) in [7, 11) is 0. The second-order valence-electron chi connectivity index (χ2n) is 5.84. The Balaban J connectivity index is 2.05. The van der Waals surface area contributed by atoms with E-state index in [0.29, 0.717) is 30.7 Å². The zero-order valence-corrected chi connectivity index (χ0v) is 12.1. The Hall–Kier alpha value is -1.64. The van der Waals surface area contributed by atoms with E-state index in [1.807, 2.05) is 24.3 Å². The number of carbonyl (C=O) groups excluding carboxylic acids is 1. The minimum atomic E-state index is -0.771. The highest BCUT2D eigenvalue weighted by atomic mass is 16.4. The quantitative estimate of drug-likeness (QED) is 0.829. The fraction of sp³-hybridized carbons (Fsp3) is 0.529. The van der Waals surface area contributed by atoms with Crippen molar-refractivity contribution in [2.24, 2.45) is 11.8 Å². The number of rotatable bonds is 5. The third-order valence-corrected chi connectivity index (χ3v) is 4.53. The van der Waals surface area contributed by atoms with Gasteiger partial charge in [0.25, 0.3) is 0 Å². The summed E-state index contributed by atoms with van der Waals surface area (Å²) in [5.74, 6) is -0.632. The van der Waals surface area contributed by atoms with Crippen molar-refractivity contribution < 1.29 is 14.7 Å². The SMILES string of the molecule is CCC(C)c1ccc(C(=O)C2CCC(C(=O)O)C2)cc1. The Kier molecular flexibility index (Phi) is 4.58. The number of carboxylic acids is 1. The van der Waals surface area contributed by atoms with Crippen LogP contribution in [0.15, 0.2) is 24.3 Å². The molecular formula is C17H22O3. The summed E-state index contributed by atoms with van der Waals surface area (Å²) in [5.41, 5.74) is 1.96. The highest BCUT2D eigenvalue weighted by molar-refractivity contribution is 5.98. The zero-order valence-electron chi connectivity index (χ0n) is 12.1. The smallest absolute Gasteiger partial charge is 0.306 e. The molecule has 1 fully saturated rings. The lowest BCUT2D eigenvalue weighted by Crippen LogP contribution is -2.14. The van der Waals surface area contributed by atoms with Crippen molar-refractivity contribution in [2.45, 2.75) is 45.4 Å². The second kappa shape index (κ2) is 6.21. The molecule has 3 unspecified atom stereocenters. The first-order valence-corrected chi connectivity index (χ1v) is 7.39. The molecule has 1 saturated carbocycles. The molecule has 0 aromatic heterocycles. The summed E-state index contributed by atoms with van der Waals surface area (Å²) in [6.45, 7) is 4.32. The summed E-state index contributed by atoms with van der Waals surface area (Å²) in [4.78, 5) is 23.3. The summed E-state index contributed by atoms with van der Waals surface area (Å²) < 4.78 is 0. The molecule has 0 bridgehead atoms. The van der Waals surface area contributed by atoms with Gasteiger partial charge in [-0.15, -0.1) is 0 Å². The van der Waals surface area contributed by atoms with Crippen molar-refractivity contribution in [3.8, 4) is 0 Å². The standard InChI is InChI=1S/C17H22O3/c1-3-11(2)12-4-6-13(7-5-12)16(18)14-8-9-15(10-14)17(19)20/h4-7,11,14-15H,3,8-10H2,1-2H3,(H,19,20). The van der Waals surface area contributed by atoms with E-state index in [2.05, 4.69) is 13.8 Å². The van der Waals surface area contributed by atoms with Crippen molar-refractivity contribution in [1.82, 2.24) is 0 Å². The zero-order chi connectivity index (χ0) is 14.7. The number of carbonyl (C=O) groups is 2. The number of hydrogen-bond acceptors (Lipinski definition) is 2. The van der Waals surface area contributed by atoms with Gasteiger partial charge < -0.3 is 5.11 Å². The Bertz CT molecular complexity index is 489. The molecule has 0 amide bonds.